The van der Waals surface area contributed by atoms with E-state index in [4.69, 9.17) is 0 Å². The lowest BCUT2D eigenvalue weighted by Crippen LogP contribution is -2.32. The standard InChI is InChI=1S/C12H17NOS/c1-3-10(4-2)13-12(14)8-7-11-6-5-9-15-11/h5-10H,3-4H2,1-2H3,(H,13,14). The summed E-state index contributed by atoms with van der Waals surface area (Å²) < 4.78 is 0. The molecule has 0 radical (unpaired) electrons. The van der Waals surface area contributed by atoms with Gasteiger partial charge in [-0.15, -0.1) is 11.3 Å². The van der Waals surface area contributed by atoms with Gasteiger partial charge < -0.3 is 5.32 Å². The summed E-state index contributed by atoms with van der Waals surface area (Å²) in [5, 5.41) is 4.96. The van der Waals surface area contributed by atoms with Crippen molar-refractivity contribution in [2.24, 2.45) is 0 Å². The summed E-state index contributed by atoms with van der Waals surface area (Å²) in [5.74, 6) is -0.00269. The Bertz CT molecular complexity index is 312. The zero-order valence-corrected chi connectivity index (χ0v) is 10.0. The van der Waals surface area contributed by atoms with Gasteiger partial charge in [0, 0.05) is 17.0 Å². The third-order valence-electron chi connectivity index (χ3n) is 2.27. The predicted octanol–water partition coefficient (Wildman–Crippen LogP) is 3.07. The van der Waals surface area contributed by atoms with Crippen LogP contribution >= 0.6 is 11.3 Å². The largest absolute Gasteiger partial charge is 0.350 e. The van der Waals surface area contributed by atoms with Crippen LogP contribution in [0.2, 0.25) is 0 Å². The highest BCUT2D eigenvalue weighted by molar-refractivity contribution is 7.10. The van der Waals surface area contributed by atoms with Gasteiger partial charge in [-0.2, -0.15) is 0 Å². The Hall–Kier alpha value is -1.09. The van der Waals surface area contributed by atoms with Gasteiger partial charge in [0.25, 0.3) is 0 Å². The van der Waals surface area contributed by atoms with E-state index in [9.17, 15) is 4.79 Å². The molecule has 0 aromatic carbocycles. The van der Waals surface area contributed by atoms with Gasteiger partial charge in [0.2, 0.25) is 5.91 Å². The lowest BCUT2D eigenvalue weighted by molar-refractivity contribution is -0.117. The van der Waals surface area contributed by atoms with Gasteiger partial charge in [-0.25, -0.2) is 0 Å². The fourth-order valence-corrected chi connectivity index (χ4v) is 1.90. The van der Waals surface area contributed by atoms with Crippen molar-refractivity contribution in [1.29, 1.82) is 0 Å². The predicted molar refractivity (Wildman–Crippen MR) is 65.9 cm³/mol. The third-order valence-corrected chi connectivity index (χ3v) is 3.11. The van der Waals surface area contributed by atoms with E-state index in [1.54, 1.807) is 17.4 Å². The highest BCUT2D eigenvalue weighted by Gasteiger charge is 2.04. The van der Waals surface area contributed by atoms with Gasteiger partial charge in [-0.3, -0.25) is 4.79 Å². The Morgan fingerprint density at radius 2 is 2.27 bits per heavy atom. The number of rotatable bonds is 5. The molecule has 0 unspecified atom stereocenters. The summed E-state index contributed by atoms with van der Waals surface area (Å²) in [4.78, 5) is 12.6. The van der Waals surface area contributed by atoms with Crippen LogP contribution in [0, 0.1) is 0 Å². The number of carbonyl (C=O) groups is 1. The first-order valence-electron chi connectivity index (χ1n) is 5.28. The van der Waals surface area contributed by atoms with E-state index in [1.807, 2.05) is 23.6 Å². The molecule has 0 fully saturated rings. The summed E-state index contributed by atoms with van der Waals surface area (Å²) >= 11 is 1.63. The molecule has 1 rings (SSSR count). The number of hydrogen-bond acceptors (Lipinski definition) is 2. The van der Waals surface area contributed by atoms with Gasteiger partial charge in [0.15, 0.2) is 0 Å². The Balaban J connectivity index is 2.42. The monoisotopic (exact) mass is 223 g/mol. The fourth-order valence-electron chi connectivity index (χ4n) is 1.29. The van der Waals surface area contributed by atoms with Crippen molar-refractivity contribution in [3.8, 4) is 0 Å². The summed E-state index contributed by atoms with van der Waals surface area (Å²) in [7, 11) is 0. The van der Waals surface area contributed by atoms with Crippen LogP contribution in [-0.4, -0.2) is 11.9 Å². The maximum Gasteiger partial charge on any atom is 0.244 e. The van der Waals surface area contributed by atoms with Crippen LogP contribution in [0.15, 0.2) is 23.6 Å². The molecule has 0 saturated carbocycles. The van der Waals surface area contributed by atoms with Gasteiger partial charge in [-0.1, -0.05) is 19.9 Å². The second-order valence-electron chi connectivity index (χ2n) is 3.37. The maximum absolute atomic E-state index is 11.5. The highest BCUT2D eigenvalue weighted by atomic mass is 32.1. The normalized spacial score (nSPS) is 11.1. The van der Waals surface area contributed by atoms with Gasteiger partial charge in [0.05, 0.1) is 0 Å². The second kappa shape index (κ2) is 6.40. The number of thiophene rings is 1. The molecule has 1 heterocycles. The zero-order chi connectivity index (χ0) is 11.1. The quantitative estimate of drug-likeness (QED) is 0.764. The third kappa shape index (κ3) is 4.30. The molecule has 0 bridgehead atoms. The maximum atomic E-state index is 11.5. The van der Waals surface area contributed by atoms with Gasteiger partial charge >= 0.3 is 0 Å². The van der Waals surface area contributed by atoms with E-state index in [0.29, 0.717) is 6.04 Å². The number of hydrogen-bond donors (Lipinski definition) is 1. The molecule has 82 valence electrons. The van der Waals surface area contributed by atoms with E-state index < -0.39 is 0 Å². The number of nitrogens with one attached hydrogen (secondary N) is 1. The molecular weight excluding hydrogens is 206 g/mol. The van der Waals surface area contributed by atoms with Crippen molar-refractivity contribution >= 4 is 23.3 Å². The summed E-state index contributed by atoms with van der Waals surface area (Å²) in [5.41, 5.74) is 0. The second-order valence-corrected chi connectivity index (χ2v) is 4.35. The fraction of sp³-hybridized carbons (Fsp3) is 0.417. The van der Waals surface area contributed by atoms with Crippen LogP contribution in [-0.2, 0) is 4.79 Å². The first-order chi connectivity index (χ1) is 7.26. The number of amides is 1. The van der Waals surface area contributed by atoms with E-state index >= 15 is 0 Å². The molecule has 0 aliphatic heterocycles. The molecule has 15 heavy (non-hydrogen) atoms. The van der Waals surface area contributed by atoms with E-state index in [1.165, 1.54) is 0 Å². The molecule has 0 saturated heterocycles. The first-order valence-corrected chi connectivity index (χ1v) is 6.16. The SMILES string of the molecule is CCC(CC)NC(=O)C=Cc1cccs1. The zero-order valence-electron chi connectivity index (χ0n) is 9.19. The molecule has 1 aromatic heterocycles. The summed E-state index contributed by atoms with van der Waals surface area (Å²) in [6.07, 6.45) is 5.41. The van der Waals surface area contributed by atoms with Crippen molar-refractivity contribution in [3.63, 3.8) is 0 Å². The van der Waals surface area contributed by atoms with Crippen LogP contribution < -0.4 is 5.32 Å². The van der Waals surface area contributed by atoms with E-state index in [2.05, 4.69) is 19.2 Å². The average Bonchev–Trinajstić information content (AvgIpc) is 2.75. The van der Waals surface area contributed by atoms with Crippen molar-refractivity contribution in [2.45, 2.75) is 32.7 Å². The molecule has 1 N–H and O–H groups in total. The molecule has 0 aliphatic rings. The lowest BCUT2D eigenvalue weighted by atomic mass is 10.2. The molecule has 0 atom stereocenters. The van der Waals surface area contributed by atoms with Crippen LogP contribution in [0.1, 0.15) is 31.6 Å². The molecule has 0 spiro atoms. The molecule has 2 nitrogen and oxygen atoms in total. The van der Waals surface area contributed by atoms with E-state index in [-0.39, 0.29) is 5.91 Å². The minimum atomic E-state index is -0.00269. The summed E-state index contributed by atoms with van der Waals surface area (Å²) in [6.45, 7) is 4.16. The van der Waals surface area contributed by atoms with Crippen LogP contribution in [0.4, 0.5) is 0 Å². The smallest absolute Gasteiger partial charge is 0.244 e. The van der Waals surface area contributed by atoms with Crippen molar-refractivity contribution < 1.29 is 4.79 Å². The molecule has 0 aliphatic carbocycles. The Morgan fingerprint density at radius 3 is 2.80 bits per heavy atom. The minimum Gasteiger partial charge on any atom is -0.350 e. The summed E-state index contributed by atoms with van der Waals surface area (Å²) in [6, 6.07) is 4.26. The highest BCUT2D eigenvalue weighted by Crippen LogP contribution is 2.09. The lowest BCUT2D eigenvalue weighted by Gasteiger charge is -2.12. The molecule has 1 amide bonds. The van der Waals surface area contributed by atoms with Crippen molar-refractivity contribution in [3.05, 3.63) is 28.5 Å². The Labute approximate surface area is 95.0 Å². The Morgan fingerprint density at radius 1 is 1.53 bits per heavy atom. The first kappa shape index (κ1) is 12.0. The molecule has 1 aromatic rings. The van der Waals surface area contributed by atoms with Crippen molar-refractivity contribution in [2.75, 3.05) is 0 Å². The van der Waals surface area contributed by atoms with Crippen LogP contribution in [0.5, 0.6) is 0 Å². The number of carbonyl (C=O) groups excluding carboxylic acids is 1. The Kier molecular flexibility index (Phi) is 5.12. The van der Waals surface area contributed by atoms with Gasteiger partial charge in [-0.05, 0) is 30.4 Å². The van der Waals surface area contributed by atoms with Gasteiger partial charge in [0.1, 0.15) is 0 Å². The minimum absolute atomic E-state index is 0.00269. The molecule has 3 heteroatoms. The van der Waals surface area contributed by atoms with Crippen LogP contribution in [0.25, 0.3) is 6.08 Å². The average molecular weight is 223 g/mol. The van der Waals surface area contributed by atoms with E-state index in [0.717, 1.165) is 17.7 Å². The topological polar surface area (TPSA) is 29.1 Å². The molecular formula is C12H17NOS. The van der Waals surface area contributed by atoms with Crippen molar-refractivity contribution in [1.82, 2.24) is 5.32 Å². The van der Waals surface area contributed by atoms with Crippen LogP contribution in [0.3, 0.4) is 0 Å².